The molecular formula is C29H32N6OS2. The molecule has 196 valence electrons. The molecule has 5 rings (SSSR count). The molecule has 2 heterocycles. The van der Waals surface area contributed by atoms with Crippen LogP contribution in [0, 0.1) is 11.3 Å². The van der Waals surface area contributed by atoms with Crippen molar-refractivity contribution in [2.75, 3.05) is 18.4 Å². The highest BCUT2D eigenvalue weighted by molar-refractivity contribution is 7.97. The molecule has 0 aliphatic carbocycles. The summed E-state index contributed by atoms with van der Waals surface area (Å²) >= 11 is 3.21. The molecule has 0 unspecified atom stereocenters. The van der Waals surface area contributed by atoms with Crippen molar-refractivity contribution in [3.05, 3.63) is 88.9 Å². The Kier molecular flexibility index (Phi) is 8.70. The zero-order valence-corrected chi connectivity index (χ0v) is 22.7. The van der Waals surface area contributed by atoms with Gasteiger partial charge in [-0.1, -0.05) is 36.4 Å². The average molecular weight is 545 g/mol. The number of amidine groups is 1. The number of hydrogen-bond donors (Lipinski definition) is 5. The third kappa shape index (κ3) is 6.99. The first kappa shape index (κ1) is 26.4. The minimum Gasteiger partial charge on any atom is -0.384 e. The fourth-order valence-electron chi connectivity index (χ4n) is 4.66. The van der Waals surface area contributed by atoms with E-state index >= 15 is 0 Å². The first-order valence-electron chi connectivity index (χ1n) is 12.9. The summed E-state index contributed by atoms with van der Waals surface area (Å²) < 4.78 is 4.77. The molecule has 0 spiro atoms. The van der Waals surface area contributed by atoms with Gasteiger partial charge in [-0.05, 0) is 92.2 Å². The van der Waals surface area contributed by atoms with Crippen molar-refractivity contribution in [2.24, 2.45) is 11.7 Å². The summed E-state index contributed by atoms with van der Waals surface area (Å²) in [6, 6.07) is 23.8. The first-order chi connectivity index (χ1) is 18.5. The maximum atomic E-state index is 12.6. The number of nitrogens with one attached hydrogen (secondary N) is 4. The molecule has 0 saturated carbocycles. The maximum Gasteiger partial charge on any atom is 0.224 e. The van der Waals surface area contributed by atoms with E-state index in [2.05, 4.69) is 27.5 Å². The predicted octanol–water partition coefficient (Wildman–Crippen LogP) is 5.49. The summed E-state index contributed by atoms with van der Waals surface area (Å²) in [6.45, 7) is 1.98. The second-order valence-electron chi connectivity index (χ2n) is 9.58. The van der Waals surface area contributed by atoms with E-state index in [1.54, 1.807) is 11.3 Å². The zero-order valence-electron chi connectivity index (χ0n) is 21.1. The highest BCUT2D eigenvalue weighted by Crippen LogP contribution is 2.31. The molecule has 4 aromatic rings. The van der Waals surface area contributed by atoms with Crippen molar-refractivity contribution in [1.82, 2.24) is 15.0 Å². The molecule has 1 saturated heterocycles. The SMILES string of the molecule is N=C(N)c1cccc(C[C@@H](NSc2cccc(NC(=O)CC3CCNCC3)c2)c2nc3ccccc3s2)c1. The molecule has 1 atom stereocenters. The largest absolute Gasteiger partial charge is 0.384 e. The molecule has 7 nitrogen and oxygen atoms in total. The summed E-state index contributed by atoms with van der Waals surface area (Å²) in [6.07, 6.45) is 3.36. The van der Waals surface area contributed by atoms with Crippen LogP contribution in [0.3, 0.4) is 0 Å². The van der Waals surface area contributed by atoms with E-state index in [-0.39, 0.29) is 17.8 Å². The number of nitrogens with two attached hydrogens (primary N) is 1. The lowest BCUT2D eigenvalue weighted by Crippen LogP contribution is -2.30. The minimum atomic E-state index is -0.0576. The number of carbonyl (C=O) groups excluding carboxylic acids is 1. The van der Waals surface area contributed by atoms with Crippen LogP contribution in [0.2, 0.25) is 0 Å². The van der Waals surface area contributed by atoms with Crippen molar-refractivity contribution in [3.63, 3.8) is 0 Å². The van der Waals surface area contributed by atoms with Crippen LogP contribution in [0.4, 0.5) is 5.69 Å². The fourth-order valence-corrected chi connectivity index (χ4v) is 6.56. The Morgan fingerprint density at radius 1 is 1.11 bits per heavy atom. The number of rotatable bonds is 10. The van der Waals surface area contributed by atoms with E-state index in [4.69, 9.17) is 16.1 Å². The Morgan fingerprint density at radius 3 is 2.74 bits per heavy atom. The van der Waals surface area contributed by atoms with E-state index < -0.39 is 0 Å². The molecule has 3 aromatic carbocycles. The predicted molar refractivity (Wildman–Crippen MR) is 158 cm³/mol. The van der Waals surface area contributed by atoms with Crippen LogP contribution in [0.5, 0.6) is 0 Å². The summed E-state index contributed by atoms with van der Waals surface area (Å²) in [5.74, 6) is 0.584. The van der Waals surface area contributed by atoms with Gasteiger partial charge in [-0.25, -0.2) is 9.71 Å². The maximum absolute atomic E-state index is 12.6. The number of anilines is 1. The van der Waals surface area contributed by atoms with Gasteiger partial charge in [0.2, 0.25) is 5.91 Å². The van der Waals surface area contributed by atoms with Crippen molar-refractivity contribution in [3.8, 4) is 0 Å². The van der Waals surface area contributed by atoms with Crippen LogP contribution in [-0.4, -0.2) is 29.8 Å². The molecule has 1 aliphatic heterocycles. The number of thiazole rings is 1. The number of nitrogen functional groups attached to an aromatic ring is 1. The summed E-state index contributed by atoms with van der Waals surface area (Å²) in [7, 11) is 0. The Labute approximate surface area is 231 Å². The molecule has 38 heavy (non-hydrogen) atoms. The van der Waals surface area contributed by atoms with Crippen molar-refractivity contribution in [1.29, 1.82) is 5.41 Å². The topological polar surface area (TPSA) is 116 Å². The molecule has 0 bridgehead atoms. The number of carbonyl (C=O) groups is 1. The van der Waals surface area contributed by atoms with Crippen LogP contribution in [0.25, 0.3) is 10.2 Å². The number of piperidine rings is 1. The summed E-state index contributed by atoms with van der Waals surface area (Å²) in [4.78, 5) is 18.5. The minimum absolute atomic E-state index is 0.0576. The van der Waals surface area contributed by atoms with E-state index in [0.29, 0.717) is 24.3 Å². The van der Waals surface area contributed by atoms with Crippen molar-refractivity contribution >= 4 is 50.9 Å². The lowest BCUT2D eigenvalue weighted by atomic mass is 9.94. The van der Waals surface area contributed by atoms with Crippen LogP contribution in [0.1, 0.15) is 41.4 Å². The van der Waals surface area contributed by atoms with Crippen molar-refractivity contribution < 1.29 is 4.79 Å². The number of fused-ring (bicyclic) bond motifs is 1. The Hall–Kier alpha value is -3.24. The van der Waals surface area contributed by atoms with E-state index in [1.807, 2.05) is 60.7 Å². The molecule has 1 aliphatic rings. The molecule has 1 amide bonds. The van der Waals surface area contributed by atoms with Gasteiger partial charge >= 0.3 is 0 Å². The monoisotopic (exact) mass is 544 g/mol. The number of aromatic nitrogens is 1. The van der Waals surface area contributed by atoms with Gasteiger partial charge in [0.15, 0.2) is 0 Å². The van der Waals surface area contributed by atoms with E-state index in [0.717, 1.165) is 57.3 Å². The van der Waals surface area contributed by atoms with Gasteiger partial charge in [-0.3, -0.25) is 10.2 Å². The first-order valence-corrected chi connectivity index (χ1v) is 14.5. The average Bonchev–Trinajstić information content (AvgIpc) is 3.36. The number of benzene rings is 3. The Bertz CT molecular complexity index is 1380. The summed E-state index contributed by atoms with van der Waals surface area (Å²) in [5.41, 5.74) is 9.32. The molecular weight excluding hydrogens is 512 g/mol. The number of hydrogen-bond acceptors (Lipinski definition) is 7. The van der Waals surface area contributed by atoms with Gasteiger partial charge in [-0.2, -0.15) is 0 Å². The molecule has 0 radical (unpaired) electrons. The van der Waals surface area contributed by atoms with Gasteiger partial charge in [-0.15, -0.1) is 11.3 Å². The van der Waals surface area contributed by atoms with Gasteiger partial charge in [0.1, 0.15) is 10.8 Å². The van der Waals surface area contributed by atoms with Crippen LogP contribution >= 0.6 is 23.3 Å². The fraction of sp³-hybridized carbons (Fsp3) is 0.276. The highest BCUT2D eigenvalue weighted by atomic mass is 32.2. The number of amides is 1. The van der Waals surface area contributed by atoms with E-state index in [9.17, 15) is 4.79 Å². The van der Waals surface area contributed by atoms with Gasteiger partial charge < -0.3 is 16.4 Å². The van der Waals surface area contributed by atoms with Gasteiger partial charge in [0.25, 0.3) is 0 Å². The summed E-state index contributed by atoms with van der Waals surface area (Å²) in [5, 5.41) is 15.2. The lowest BCUT2D eigenvalue weighted by Gasteiger charge is -2.22. The molecule has 1 aromatic heterocycles. The molecule has 1 fully saturated rings. The van der Waals surface area contributed by atoms with Crippen LogP contribution in [-0.2, 0) is 11.2 Å². The highest BCUT2D eigenvalue weighted by Gasteiger charge is 2.19. The Morgan fingerprint density at radius 2 is 1.92 bits per heavy atom. The van der Waals surface area contributed by atoms with Gasteiger partial charge in [0, 0.05) is 22.6 Å². The quantitative estimate of drug-likeness (QED) is 0.102. The second kappa shape index (κ2) is 12.5. The smallest absolute Gasteiger partial charge is 0.224 e. The number of para-hydroxylation sites is 1. The molecule has 9 heteroatoms. The number of nitrogens with zero attached hydrogens (tertiary/aromatic N) is 1. The van der Waals surface area contributed by atoms with Crippen LogP contribution in [0.15, 0.2) is 77.7 Å². The third-order valence-corrected chi connectivity index (χ3v) is 8.70. The van der Waals surface area contributed by atoms with Crippen LogP contribution < -0.4 is 21.1 Å². The lowest BCUT2D eigenvalue weighted by molar-refractivity contribution is -0.117. The Balaban J connectivity index is 1.29. The normalized spacial score (nSPS) is 14.8. The molecule has 6 N–H and O–H groups in total. The van der Waals surface area contributed by atoms with E-state index in [1.165, 1.54) is 11.9 Å². The second-order valence-corrected chi connectivity index (χ2v) is 11.6. The zero-order chi connectivity index (χ0) is 26.3. The van der Waals surface area contributed by atoms with Gasteiger partial charge in [0.05, 0.1) is 16.3 Å². The third-order valence-electron chi connectivity index (χ3n) is 6.66. The standard InChI is InChI=1S/C29H32N6OS2/c30-28(31)21-6-3-5-20(15-21)16-25(29-34-24-9-1-2-10-26(24)37-29)35-38-23-8-4-7-22(18-23)33-27(36)17-19-11-13-32-14-12-19/h1-10,15,18-19,25,32,35H,11-14,16-17H2,(H3,30,31)(H,33,36)/t25-/m1/s1. The van der Waals surface area contributed by atoms with Crippen molar-refractivity contribution in [2.45, 2.75) is 36.6 Å².